The van der Waals surface area contributed by atoms with Crippen LogP contribution in [0.3, 0.4) is 0 Å². The SMILES string of the molecule is COc1cccc2cc(-c3nnc(NC(=O)CSc4ccccc4)o3)oc12. The molecule has 0 aliphatic rings. The number of aromatic nitrogens is 2. The van der Waals surface area contributed by atoms with Crippen LogP contribution in [0.15, 0.2) is 68.3 Å². The van der Waals surface area contributed by atoms with Gasteiger partial charge in [-0.1, -0.05) is 35.4 Å². The number of carbonyl (C=O) groups excluding carboxylic acids is 1. The molecule has 0 spiro atoms. The van der Waals surface area contributed by atoms with E-state index >= 15 is 0 Å². The van der Waals surface area contributed by atoms with Gasteiger partial charge in [0.15, 0.2) is 17.1 Å². The number of nitrogens with one attached hydrogen (secondary N) is 1. The van der Waals surface area contributed by atoms with Gasteiger partial charge < -0.3 is 13.6 Å². The summed E-state index contributed by atoms with van der Waals surface area (Å²) >= 11 is 1.42. The molecule has 27 heavy (non-hydrogen) atoms. The van der Waals surface area contributed by atoms with Gasteiger partial charge in [0.05, 0.1) is 12.9 Å². The Bertz CT molecular complexity index is 1070. The first kappa shape index (κ1) is 17.2. The molecule has 0 aliphatic carbocycles. The quantitative estimate of drug-likeness (QED) is 0.500. The normalized spacial score (nSPS) is 10.9. The Labute approximate surface area is 158 Å². The fourth-order valence-electron chi connectivity index (χ4n) is 2.50. The Kier molecular flexibility index (Phi) is 4.80. The highest BCUT2D eigenvalue weighted by Gasteiger charge is 2.17. The van der Waals surface area contributed by atoms with Crippen molar-refractivity contribution in [3.05, 3.63) is 54.6 Å². The van der Waals surface area contributed by atoms with E-state index < -0.39 is 0 Å². The largest absolute Gasteiger partial charge is 0.493 e. The van der Waals surface area contributed by atoms with E-state index in [0.717, 1.165) is 10.3 Å². The molecule has 8 heteroatoms. The molecule has 0 aliphatic heterocycles. The van der Waals surface area contributed by atoms with Gasteiger partial charge in [-0.15, -0.1) is 16.9 Å². The van der Waals surface area contributed by atoms with Crippen molar-refractivity contribution < 1.29 is 18.4 Å². The van der Waals surface area contributed by atoms with Crippen LogP contribution in [0.5, 0.6) is 5.75 Å². The van der Waals surface area contributed by atoms with Gasteiger partial charge in [0, 0.05) is 10.3 Å². The van der Waals surface area contributed by atoms with Gasteiger partial charge in [-0.05, 0) is 24.3 Å². The predicted octanol–water partition coefficient (Wildman–Crippen LogP) is 4.22. The molecule has 0 fully saturated rings. The second kappa shape index (κ2) is 7.55. The molecule has 2 aromatic heterocycles. The van der Waals surface area contributed by atoms with Gasteiger partial charge in [0.2, 0.25) is 5.91 Å². The number of nitrogens with zero attached hydrogens (tertiary/aromatic N) is 2. The van der Waals surface area contributed by atoms with E-state index in [1.54, 1.807) is 19.2 Å². The van der Waals surface area contributed by atoms with Crippen LogP contribution in [0.1, 0.15) is 0 Å². The third kappa shape index (κ3) is 3.80. The Morgan fingerprint density at radius 3 is 2.78 bits per heavy atom. The first-order valence-electron chi connectivity index (χ1n) is 8.11. The number of rotatable bonds is 6. The topological polar surface area (TPSA) is 90.4 Å². The zero-order chi connectivity index (χ0) is 18.6. The van der Waals surface area contributed by atoms with Crippen LogP contribution in [0.4, 0.5) is 6.01 Å². The Balaban J connectivity index is 1.45. The summed E-state index contributed by atoms with van der Waals surface area (Å²) in [5.41, 5.74) is 0.595. The van der Waals surface area contributed by atoms with Crippen molar-refractivity contribution in [1.29, 1.82) is 0 Å². The second-order valence-electron chi connectivity index (χ2n) is 5.55. The highest BCUT2D eigenvalue weighted by atomic mass is 32.2. The van der Waals surface area contributed by atoms with E-state index in [0.29, 0.717) is 17.1 Å². The molecule has 4 aromatic rings. The summed E-state index contributed by atoms with van der Waals surface area (Å²) in [6.07, 6.45) is 0. The molecular formula is C19H15N3O4S. The summed E-state index contributed by atoms with van der Waals surface area (Å²) in [5.74, 6) is 1.21. The zero-order valence-corrected chi connectivity index (χ0v) is 15.2. The number of methoxy groups -OCH3 is 1. The molecule has 0 bridgehead atoms. The number of para-hydroxylation sites is 1. The molecule has 0 radical (unpaired) electrons. The number of hydrogen-bond acceptors (Lipinski definition) is 7. The number of fused-ring (bicyclic) bond motifs is 1. The molecule has 0 unspecified atom stereocenters. The molecule has 2 heterocycles. The number of benzene rings is 2. The monoisotopic (exact) mass is 381 g/mol. The van der Waals surface area contributed by atoms with Crippen molar-refractivity contribution in [2.24, 2.45) is 0 Å². The molecule has 0 saturated carbocycles. The van der Waals surface area contributed by atoms with Gasteiger partial charge >= 0.3 is 6.01 Å². The van der Waals surface area contributed by atoms with Crippen LogP contribution >= 0.6 is 11.8 Å². The van der Waals surface area contributed by atoms with Gasteiger partial charge in [-0.25, -0.2) is 0 Å². The fourth-order valence-corrected chi connectivity index (χ4v) is 3.22. The molecule has 1 amide bonds. The van der Waals surface area contributed by atoms with Crippen LogP contribution in [0, 0.1) is 0 Å². The maximum Gasteiger partial charge on any atom is 0.322 e. The number of hydrogen-bond donors (Lipinski definition) is 1. The van der Waals surface area contributed by atoms with Gasteiger partial charge in [0.1, 0.15) is 0 Å². The van der Waals surface area contributed by atoms with Crippen LogP contribution in [-0.4, -0.2) is 29.0 Å². The first-order chi connectivity index (χ1) is 13.2. The number of amides is 1. The molecule has 1 N–H and O–H groups in total. The summed E-state index contributed by atoms with van der Waals surface area (Å²) in [7, 11) is 1.57. The molecule has 0 saturated heterocycles. The third-order valence-electron chi connectivity index (χ3n) is 3.72. The molecule has 2 aromatic carbocycles. The summed E-state index contributed by atoms with van der Waals surface area (Å²) in [6, 6.07) is 17.0. The van der Waals surface area contributed by atoms with Crippen LogP contribution in [-0.2, 0) is 4.79 Å². The lowest BCUT2D eigenvalue weighted by Gasteiger charge is -2.00. The lowest BCUT2D eigenvalue weighted by molar-refractivity contribution is -0.113. The van der Waals surface area contributed by atoms with Gasteiger partial charge in [-0.3, -0.25) is 10.1 Å². The van der Waals surface area contributed by atoms with E-state index in [4.69, 9.17) is 13.6 Å². The fraction of sp³-hybridized carbons (Fsp3) is 0.105. The molecule has 0 atom stereocenters. The van der Waals surface area contributed by atoms with E-state index in [1.165, 1.54) is 11.8 Å². The number of carbonyl (C=O) groups is 1. The molecule has 4 rings (SSSR count). The zero-order valence-electron chi connectivity index (χ0n) is 14.3. The second-order valence-corrected chi connectivity index (χ2v) is 6.60. The molecular weight excluding hydrogens is 366 g/mol. The molecule has 7 nitrogen and oxygen atoms in total. The van der Waals surface area contributed by atoms with Gasteiger partial charge in [-0.2, -0.15) is 0 Å². The number of furan rings is 1. The maximum absolute atomic E-state index is 12.1. The summed E-state index contributed by atoms with van der Waals surface area (Å²) in [4.78, 5) is 13.1. The first-order valence-corrected chi connectivity index (χ1v) is 9.09. The van der Waals surface area contributed by atoms with Crippen molar-refractivity contribution in [2.75, 3.05) is 18.2 Å². The van der Waals surface area contributed by atoms with Crippen LogP contribution in [0.2, 0.25) is 0 Å². The lowest BCUT2D eigenvalue weighted by Crippen LogP contribution is -2.14. The minimum atomic E-state index is -0.231. The highest BCUT2D eigenvalue weighted by Crippen LogP contribution is 2.33. The Morgan fingerprint density at radius 1 is 1.11 bits per heavy atom. The van der Waals surface area contributed by atoms with E-state index in [2.05, 4.69) is 15.5 Å². The van der Waals surface area contributed by atoms with Crippen molar-refractivity contribution in [2.45, 2.75) is 4.90 Å². The highest BCUT2D eigenvalue weighted by molar-refractivity contribution is 8.00. The average molecular weight is 381 g/mol. The minimum Gasteiger partial charge on any atom is -0.493 e. The predicted molar refractivity (Wildman–Crippen MR) is 102 cm³/mol. The lowest BCUT2D eigenvalue weighted by atomic mass is 10.2. The van der Waals surface area contributed by atoms with Crippen molar-refractivity contribution >= 4 is 34.7 Å². The van der Waals surface area contributed by atoms with E-state index in [9.17, 15) is 4.79 Å². The van der Waals surface area contributed by atoms with Crippen molar-refractivity contribution in [3.8, 4) is 17.4 Å². The Morgan fingerprint density at radius 2 is 1.96 bits per heavy atom. The smallest absolute Gasteiger partial charge is 0.322 e. The average Bonchev–Trinajstić information content (AvgIpc) is 3.33. The van der Waals surface area contributed by atoms with Gasteiger partial charge in [0.25, 0.3) is 5.89 Å². The summed E-state index contributed by atoms with van der Waals surface area (Å²) in [5, 5.41) is 11.2. The number of thioether (sulfide) groups is 1. The Hall–Kier alpha value is -3.26. The van der Waals surface area contributed by atoms with Crippen LogP contribution in [0.25, 0.3) is 22.6 Å². The minimum absolute atomic E-state index is 0.0242. The molecule has 136 valence electrons. The van der Waals surface area contributed by atoms with E-state index in [-0.39, 0.29) is 23.6 Å². The van der Waals surface area contributed by atoms with E-state index in [1.807, 2.05) is 42.5 Å². The maximum atomic E-state index is 12.1. The van der Waals surface area contributed by atoms with Crippen LogP contribution < -0.4 is 10.1 Å². The van der Waals surface area contributed by atoms with Crippen molar-refractivity contribution in [1.82, 2.24) is 10.2 Å². The summed E-state index contributed by atoms with van der Waals surface area (Å²) in [6.45, 7) is 0. The van der Waals surface area contributed by atoms with Crippen molar-refractivity contribution in [3.63, 3.8) is 0 Å². The third-order valence-corrected chi connectivity index (χ3v) is 4.74. The summed E-state index contributed by atoms with van der Waals surface area (Å²) < 4.78 is 16.5. The number of ether oxygens (including phenoxy) is 1. The number of anilines is 1. The standard InChI is InChI=1S/C19H15N3O4S/c1-24-14-9-5-6-12-10-15(25-17(12)14)18-21-22-19(26-18)20-16(23)11-27-13-7-3-2-4-8-13/h2-10H,11H2,1H3,(H,20,22,23).